The molecule has 0 aliphatic heterocycles. The van der Waals surface area contributed by atoms with Crippen molar-refractivity contribution in [3.05, 3.63) is 59.4 Å². The van der Waals surface area contributed by atoms with Gasteiger partial charge in [-0.15, -0.1) is 0 Å². The van der Waals surface area contributed by atoms with Crippen LogP contribution in [0.3, 0.4) is 0 Å². The van der Waals surface area contributed by atoms with Crippen molar-refractivity contribution in [2.45, 2.75) is 6.18 Å². The number of anilines is 1. The van der Waals surface area contributed by atoms with E-state index in [1.165, 1.54) is 18.2 Å². The molecular formula is C18H19F3N4O2. The normalized spacial score (nSPS) is 11.3. The number of carbonyl (C=O) groups is 2. The van der Waals surface area contributed by atoms with Crippen molar-refractivity contribution in [2.75, 3.05) is 32.5 Å². The van der Waals surface area contributed by atoms with Crippen molar-refractivity contribution in [2.24, 2.45) is 0 Å². The number of rotatable bonds is 6. The van der Waals surface area contributed by atoms with Crippen LogP contribution in [-0.2, 0) is 6.18 Å². The van der Waals surface area contributed by atoms with E-state index in [0.717, 1.165) is 24.3 Å². The molecule has 0 saturated heterocycles. The number of carbonyl (C=O) groups excluding carboxylic acids is 2. The molecule has 144 valence electrons. The number of nitrogens with one attached hydrogen (secondary N) is 2. The molecular weight excluding hydrogens is 361 g/mol. The Morgan fingerprint density at radius 1 is 1.00 bits per heavy atom. The maximum Gasteiger partial charge on any atom is 0.416 e. The first-order chi connectivity index (χ1) is 12.7. The molecule has 2 N–H and O–H groups in total. The summed E-state index contributed by atoms with van der Waals surface area (Å²) >= 11 is 0. The number of hydrogen-bond donors (Lipinski definition) is 2. The smallest absolute Gasteiger partial charge is 0.349 e. The SMILES string of the molecule is CN(C)CCNC(=O)c1cccc(C(=O)Nc2ccc(C(F)(F)F)cc2)n1. The number of amides is 2. The molecule has 0 unspecified atom stereocenters. The van der Waals surface area contributed by atoms with Gasteiger partial charge in [0, 0.05) is 18.8 Å². The van der Waals surface area contributed by atoms with Crippen LogP contribution in [0.25, 0.3) is 0 Å². The first-order valence-electron chi connectivity index (χ1n) is 8.05. The summed E-state index contributed by atoms with van der Waals surface area (Å²) in [5, 5.41) is 5.14. The molecule has 6 nitrogen and oxygen atoms in total. The van der Waals surface area contributed by atoms with Gasteiger partial charge >= 0.3 is 6.18 Å². The lowest BCUT2D eigenvalue weighted by Gasteiger charge is -2.11. The molecule has 0 spiro atoms. The summed E-state index contributed by atoms with van der Waals surface area (Å²) in [6, 6.07) is 8.44. The zero-order valence-electron chi connectivity index (χ0n) is 14.8. The molecule has 1 aromatic heterocycles. The third kappa shape index (κ3) is 6.07. The highest BCUT2D eigenvalue weighted by molar-refractivity contribution is 6.03. The van der Waals surface area contributed by atoms with E-state index in [2.05, 4.69) is 15.6 Å². The number of alkyl halides is 3. The lowest BCUT2D eigenvalue weighted by molar-refractivity contribution is -0.137. The summed E-state index contributed by atoms with van der Waals surface area (Å²) in [6.07, 6.45) is -4.45. The van der Waals surface area contributed by atoms with Gasteiger partial charge in [-0.05, 0) is 50.5 Å². The predicted molar refractivity (Wildman–Crippen MR) is 94.5 cm³/mol. The average molecular weight is 380 g/mol. The molecule has 27 heavy (non-hydrogen) atoms. The van der Waals surface area contributed by atoms with Gasteiger partial charge in [-0.1, -0.05) is 6.07 Å². The Morgan fingerprint density at radius 2 is 1.59 bits per heavy atom. The van der Waals surface area contributed by atoms with Gasteiger partial charge in [0.05, 0.1) is 5.56 Å². The monoisotopic (exact) mass is 380 g/mol. The summed E-state index contributed by atoms with van der Waals surface area (Å²) in [7, 11) is 3.74. The van der Waals surface area contributed by atoms with Gasteiger partial charge in [0.25, 0.3) is 11.8 Å². The third-order valence-corrected chi connectivity index (χ3v) is 3.53. The highest BCUT2D eigenvalue weighted by Crippen LogP contribution is 2.29. The predicted octanol–water partition coefficient (Wildman–Crippen LogP) is 2.64. The quantitative estimate of drug-likeness (QED) is 0.808. The highest BCUT2D eigenvalue weighted by atomic mass is 19.4. The summed E-state index contributed by atoms with van der Waals surface area (Å²) in [4.78, 5) is 30.2. The van der Waals surface area contributed by atoms with Crippen LogP contribution in [0.15, 0.2) is 42.5 Å². The molecule has 2 amide bonds. The van der Waals surface area contributed by atoms with E-state index in [1.54, 1.807) is 0 Å². The van der Waals surface area contributed by atoms with Gasteiger partial charge in [0.2, 0.25) is 0 Å². The number of halogens is 3. The molecule has 0 atom stereocenters. The average Bonchev–Trinajstić information content (AvgIpc) is 2.61. The molecule has 0 bridgehead atoms. The van der Waals surface area contributed by atoms with Crippen LogP contribution < -0.4 is 10.6 Å². The zero-order chi connectivity index (χ0) is 20.0. The Hall–Kier alpha value is -2.94. The fourth-order valence-electron chi connectivity index (χ4n) is 2.11. The Morgan fingerprint density at radius 3 is 2.15 bits per heavy atom. The minimum absolute atomic E-state index is 0.0184. The molecule has 0 saturated carbocycles. The summed E-state index contributed by atoms with van der Waals surface area (Å²) in [5.74, 6) is -1.04. The zero-order valence-corrected chi connectivity index (χ0v) is 14.8. The van der Waals surface area contributed by atoms with Crippen LogP contribution in [0, 0.1) is 0 Å². The van der Waals surface area contributed by atoms with Crippen molar-refractivity contribution in [1.29, 1.82) is 0 Å². The van der Waals surface area contributed by atoms with Crippen LogP contribution in [0.1, 0.15) is 26.5 Å². The standard InChI is InChI=1S/C18H19F3N4O2/c1-25(2)11-10-22-16(26)14-4-3-5-15(24-14)17(27)23-13-8-6-12(7-9-13)18(19,20)21/h3-9H,10-11H2,1-2H3,(H,22,26)(H,23,27). The van der Waals surface area contributed by atoms with E-state index >= 15 is 0 Å². The lowest BCUT2D eigenvalue weighted by Crippen LogP contribution is -2.32. The topological polar surface area (TPSA) is 74.3 Å². The first-order valence-corrected chi connectivity index (χ1v) is 8.05. The fourth-order valence-corrected chi connectivity index (χ4v) is 2.11. The van der Waals surface area contributed by atoms with Crippen LogP contribution >= 0.6 is 0 Å². The van der Waals surface area contributed by atoms with Crippen molar-refractivity contribution >= 4 is 17.5 Å². The van der Waals surface area contributed by atoms with Gasteiger partial charge in [-0.2, -0.15) is 13.2 Å². The fraction of sp³-hybridized carbons (Fsp3) is 0.278. The molecule has 2 rings (SSSR count). The second-order valence-corrected chi connectivity index (χ2v) is 6.00. The Bertz CT molecular complexity index is 805. The van der Waals surface area contributed by atoms with E-state index in [0.29, 0.717) is 13.1 Å². The first kappa shape index (κ1) is 20.4. The van der Waals surface area contributed by atoms with E-state index in [1.807, 2.05) is 19.0 Å². The van der Waals surface area contributed by atoms with Crippen LogP contribution in [-0.4, -0.2) is 48.9 Å². The van der Waals surface area contributed by atoms with Crippen molar-refractivity contribution in [3.8, 4) is 0 Å². The number of nitrogens with zero attached hydrogens (tertiary/aromatic N) is 2. The minimum atomic E-state index is -4.45. The molecule has 0 radical (unpaired) electrons. The number of hydrogen-bond acceptors (Lipinski definition) is 4. The molecule has 1 aromatic carbocycles. The molecule has 0 aliphatic carbocycles. The van der Waals surface area contributed by atoms with Gasteiger partial charge in [0.15, 0.2) is 0 Å². The largest absolute Gasteiger partial charge is 0.416 e. The Labute approximate surface area is 154 Å². The summed E-state index contributed by atoms with van der Waals surface area (Å²) in [5.41, 5.74) is -0.561. The van der Waals surface area contributed by atoms with Crippen LogP contribution in [0.5, 0.6) is 0 Å². The van der Waals surface area contributed by atoms with Crippen molar-refractivity contribution in [3.63, 3.8) is 0 Å². The molecule has 1 heterocycles. The second kappa shape index (κ2) is 8.63. The number of benzene rings is 1. The molecule has 2 aromatic rings. The second-order valence-electron chi connectivity index (χ2n) is 6.00. The number of pyridine rings is 1. The van der Waals surface area contributed by atoms with Gasteiger partial charge in [0.1, 0.15) is 11.4 Å². The Kier molecular flexibility index (Phi) is 6.51. The van der Waals surface area contributed by atoms with Gasteiger partial charge < -0.3 is 15.5 Å². The van der Waals surface area contributed by atoms with Crippen molar-refractivity contribution < 1.29 is 22.8 Å². The molecule has 9 heteroatoms. The van der Waals surface area contributed by atoms with Gasteiger partial charge in [-0.3, -0.25) is 9.59 Å². The minimum Gasteiger partial charge on any atom is -0.349 e. The highest BCUT2D eigenvalue weighted by Gasteiger charge is 2.30. The van der Waals surface area contributed by atoms with Crippen LogP contribution in [0.4, 0.5) is 18.9 Å². The number of likely N-dealkylation sites (N-methyl/N-ethyl adjacent to an activating group) is 1. The van der Waals surface area contributed by atoms with Gasteiger partial charge in [-0.25, -0.2) is 4.98 Å². The lowest BCUT2D eigenvalue weighted by atomic mass is 10.2. The van der Waals surface area contributed by atoms with Crippen molar-refractivity contribution in [1.82, 2.24) is 15.2 Å². The summed E-state index contributed by atoms with van der Waals surface area (Å²) in [6.45, 7) is 1.08. The Balaban J connectivity index is 2.03. The van der Waals surface area contributed by atoms with E-state index < -0.39 is 23.6 Å². The molecule has 0 fully saturated rings. The third-order valence-electron chi connectivity index (χ3n) is 3.53. The summed E-state index contributed by atoms with van der Waals surface area (Å²) < 4.78 is 37.7. The van der Waals surface area contributed by atoms with Crippen LogP contribution in [0.2, 0.25) is 0 Å². The van der Waals surface area contributed by atoms with E-state index in [-0.39, 0.29) is 17.1 Å². The molecule has 0 aliphatic rings. The maximum atomic E-state index is 12.6. The maximum absolute atomic E-state index is 12.6. The van der Waals surface area contributed by atoms with E-state index in [9.17, 15) is 22.8 Å². The number of aromatic nitrogens is 1. The van der Waals surface area contributed by atoms with E-state index in [4.69, 9.17) is 0 Å².